The van der Waals surface area contributed by atoms with Gasteiger partial charge in [-0.3, -0.25) is 0 Å². The summed E-state index contributed by atoms with van der Waals surface area (Å²) in [4.78, 5) is 0. The second-order valence-electron chi connectivity index (χ2n) is 5.08. The van der Waals surface area contributed by atoms with E-state index in [4.69, 9.17) is 22.1 Å². The van der Waals surface area contributed by atoms with Crippen molar-refractivity contribution in [3.63, 3.8) is 0 Å². The predicted molar refractivity (Wildman–Crippen MR) is 84.8 cm³/mol. The summed E-state index contributed by atoms with van der Waals surface area (Å²) in [6, 6.07) is 13.8. The first-order valence-corrected chi connectivity index (χ1v) is 7.25. The molecule has 0 radical (unpaired) electrons. The summed E-state index contributed by atoms with van der Waals surface area (Å²) in [5, 5.41) is 0.702. The minimum atomic E-state index is 0.474. The maximum absolute atomic E-state index is 6.22. The number of ether oxygens (including phenoxy) is 1. The Balaban J connectivity index is 2.30. The van der Waals surface area contributed by atoms with Gasteiger partial charge in [0.25, 0.3) is 0 Å². The topological polar surface area (TPSA) is 35.2 Å². The van der Waals surface area contributed by atoms with Crippen molar-refractivity contribution in [3.8, 4) is 11.5 Å². The van der Waals surface area contributed by atoms with Gasteiger partial charge in [0, 0.05) is 10.6 Å². The van der Waals surface area contributed by atoms with E-state index in [1.54, 1.807) is 0 Å². The monoisotopic (exact) mass is 289 g/mol. The number of halogens is 1. The molecule has 0 saturated heterocycles. The first kappa shape index (κ1) is 14.9. The lowest BCUT2D eigenvalue weighted by Crippen LogP contribution is -2.04. The van der Waals surface area contributed by atoms with E-state index < -0.39 is 0 Å². The Labute approximate surface area is 125 Å². The van der Waals surface area contributed by atoms with Crippen LogP contribution in [0.25, 0.3) is 0 Å². The van der Waals surface area contributed by atoms with Crippen molar-refractivity contribution in [1.29, 1.82) is 0 Å². The highest BCUT2D eigenvalue weighted by Gasteiger charge is 2.09. The first-order chi connectivity index (χ1) is 9.61. The van der Waals surface area contributed by atoms with Gasteiger partial charge in [0.1, 0.15) is 11.5 Å². The molecule has 2 rings (SSSR count). The molecule has 3 heteroatoms. The van der Waals surface area contributed by atoms with Crippen molar-refractivity contribution in [1.82, 2.24) is 0 Å². The van der Waals surface area contributed by atoms with Crippen LogP contribution in [0.15, 0.2) is 42.5 Å². The molecule has 106 valence electrons. The molecule has 2 nitrogen and oxygen atoms in total. The molecule has 0 aliphatic carbocycles. The molecule has 0 aliphatic rings. The van der Waals surface area contributed by atoms with Crippen LogP contribution in [0.1, 0.15) is 30.9 Å². The van der Waals surface area contributed by atoms with Gasteiger partial charge < -0.3 is 10.5 Å². The molecule has 0 heterocycles. The maximum atomic E-state index is 6.22. The molecule has 0 unspecified atom stereocenters. The van der Waals surface area contributed by atoms with Crippen LogP contribution >= 0.6 is 11.6 Å². The van der Waals surface area contributed by atoms with Gasteiger partial charge in [0.15, 0.2) is 0 Å². The summed E-state index contributed by atoms with van der Waals surface area (Å²) in [6.07, 6.45) is 0.707. The fourth-order valence-corrected chi connectivity index (χ4v) is 2.35. The average Bonchev–Trinajstić information content (AvgIpc) is 2.43. The van der Waals surface area contributed by atoms with Crippen LogP contribution < -0.4 is 10.5 Å². The van der Waals surface area contributed by atoms with Gasteiger partial charge in [-0.25, -0.2) is 0 Å². The molecule has 20 heavy (non-hydrogen) atoms. The van der Waals surface area contributed by atoms with Crippen molar-refractivity contribution in [3.05, 3.63) is 58.6 Å². The van der Waals surface area contributed by atoms with E-state index in [1.165, 1.54) is 5.56 Å². The molecule has 2 aromatic rings. The smallest absolute Gasteiger partial charge is 0.132 e. The number of rotatable bonds is 5. The zero-order valence-electron chi connectivity index (χ0n) is 11.9. The van der Waals surface area contributed by atoms with Crippen molar-refractivity contribution >= 4 is 11.6 Å². The van der Waals surface area contributed by atoms with Crippen LogP contribution in [-0.4, -0.2) is 6.54 Å². The molecular weight excluding hydrogens is 270 g/mol. The summed E-state index contributed by atoms with van der Waals surface area (Å²) in [6.45, 7) is 4.88. The lowest BCUT2D eigenvalue weighted by molar-refractivity contribution is 0.475. The Kier molecular flexibility index (Phi) is 5.05. The Morgan fingerprint density at radius 1 is 1.15 bits per heavy atom. The Morgan fingerprint density at radius 2 is 1.90 bits per heavy atom. The molecule has 0 aromatic heterocycles. The van der Waals surface area contributed by atoms with Crippen LogP contribution in [0.2, 0.25) is 5.02 Å². The number of hydrogen-bond acceptors (Lipinski definition) is 2. The summed E-state index contributed by atoms with van der Waals surface area (Å²) < 4.78 is 5.99. The van der Waals surface area contributed by atoms with Crippen LogP contribution in [-0.2, 0) is 6.42 Å². The highest BCUT2D eigenvalue weighted by Crippen LogP contribution is 2.31. The third kappa shape index (κ3) is 3.53. The third-order valence-electron chi connectivity index (χ3n) is 3.22. The van der Waals surface area contributed by atoms with Gasteiger partial charge in [-0.15, -0.1) is 0 Å². The average molecular weight is 290 g/mol. The molecule has 0 spiro atoms. The molecule has 2 N–H and O–H groups in total. The molecule has 2 aromatic carbocycles. The van der Waals surface area contributed by atoms with Crippen molar-refractivity contribution < 1.29 is 4.74 Å². The highest BCUT2D eigenvalue weighted by atomic mass is 35.5. The number of benzene rings is 2. The lowest BCUT2D eigenvalue weighted by Gasteiger charge is -2.13. The predicted octanol–water partition coefficient (Wildman–Crippen LogP) is 4.76. The maximum Gasteiger partial charge on any atom is 0.132 e. The Bertz CT molecular complexity index is 581. The zero-order valence-corrected chi connectivity index (χ0v) is 12.7. The summed E-state index contributed by atoms with van der Waals surface area (Å²) in [5.74, 6) is 2.09. The van der Waals surface area contributed by atoms with Crippen LogP contribution in [0.5, 0.6) is 11.5 Å². The van der Waals surface area contributed by atoms with E-state index in [-0.39, 0.29) is 0 Å². The van der Waals surface area contributed by atoms with Gasteiger partial charge >= 0.3 is 0 Å². The van der Waals surface area contributed by atoms with Crippen LogP contribution in [0.4, 0.5) is 0 Å². The van der Waals surface area contributed by atoms with Gasteiger partial charge in [-0.2, -0.15) is 0 Å². The first-order valence-electron chi connectivity index (χ1n) is 6.87. The molecule has 0 atom stereocenters. The standard InChI is InChI=1S/C17H20ClNO/c1-12(2)13-5-3-6-14(11-13)20-17-8-4-7-16(18)15(17)9-10-19/h3-8,11-12H,9-10,19H2,1-2H3. The molecule has 0 fully saturated rings. The quantitative estimate of drug-likeness (QED) is 0.861. The normalized spacial score (nSPS) is 10.8. The third-order valence-corrected chi connectivity index (χ3v) is 3.58. The minimum Gasteiger partial charge on any atom is -0.457 e. The van der Waals surface area contributed by atoms with Gasteiger partial charge in [-0.05, 0) is 48.7 Å². The zero-order chi connectivity index (χ0) is 14.5. The summed E-state index contributed by atoms with van der Waals surface area (Å²) in [7, 11) is 0. The van der Waals surface area contributed by atoms with Crippen LogP contribution in [0.3, 0.4) is 0 Å². The van der Waals surface area contributed by atoms with E-state index in [1.807, 2.05) is 30.3 Å². The van der Waals surface area contributed by atoms with Gasteiger partial charge in [0.05, 0.1) is 0 Å². The van der Waals surface area contributed by atoms with E-state index in [9.17, 15) is 0 Å². The second-order valence-corrected chi connectivity index (χ2v) is 5.49. The summed E-state index contributed by atoms with van der Waals surface area (Å²) in [5.41, 5.74) is 7.86. The van der Waals surface area contributed by atoms with E-state index in [0.29, 0.717) is 23.9 Å². The molecule has 0 bridgehead atoms. The molecule has 0 aliphatic heterocycles. The van der Waals surface area contributed by atoms with Crippen LogP contribution in [0, 0.1) is 0 Å². The molecule has 0 amide bonds. The molecule has 0 saturated carbocycles. The van der Waals surface area contributed by atoms with Gasteiger partial charge in [-0.1, -0.05) is 43.6 Å². The fraction of sp³-hybridized carbons (Fsp3) is 0.294. The van der Waals surface area contributed by atoms with E-state index in [2.05, 4.69) is 26.0 Å². The fourth-order valence-electron chi connectivity index (χ4n) is 2.09. The van der Waals surface area contributed by atoms with E-state index in [0.717, 1.165) is 17.1 Å². The summed E-state index contributed by atoms with van der Waals surface area (Å²) >= 11 is 6.22. The largest absolute Gasteiger partial charge is 0.457 e. The lowest BCUT2D eigenvalue weighted by atomic mass is 10.0. The van der Waals surface area contributed by atoms with Crippen molar-refractivity contribution in [2.75, 3.05) is 6.54 Å². The number of nitrogens with two attached hydrogens (primary N) is 1. The number of hydrogen-bond donors (Lipinski definition) is 1. The SMILES string of the molecule is CC(C)c1cccc(Oc2cccc(Cl)c2CCN)c1. The Morgan fingerprint density at radius 3 is 2.60 bits per heavy atom. The van der Waals surface area contributed by atoms with Crippen molar-refractivity contribution in [2.24, 2.45) is 5.73 Å². The molecular formula is C17H20ClNO. The van der Waals surface area contributed by atoms with Gasteiger partial charge in [0.2, 0.25) is 0 Å². The van der Waals surface area contributed by atoms with E-state index >= 15 is 0 Å². The second kappa shape index (κ2) is 6.78. The Hall–Kier alpha value is -1.51. The minimum absolute atomic E-state index is 0.474. The van der Waals surface area contributed by atoms with Crippen molar-refractivity contribution in [2.45, 2.75) is 26.2 Å². The highest BCUT2D eigenvalue weighted by molar-refractivity contribution is 6.31.